The molecular formula is C22H32N4O2. The third-order valence-corrected chi connectivity index (χ3v) is 5.97. The van der Waals surface area contributed by atoms with Crippen LogP contribution in [-0.2, 0) is 6.42 Å². The molecule has 6 nitrogen and oxygen atoms in total. The average molecular weight is 385 g/mol. The molecule has 4 rings (SSSR count). The van der Waals surface area contributed by atoms with Gasteiger partial charge in [-0.15, -0.1) is 0 Å². The number of fused-ring (bicyclic) bond motifs is 1. The van der Waals surface area contributed by atoms with Crippen LogP contribution < -0.4 is 5.73 Å². The predicted octanol–water partition coefficient (Wildman–Crippen LogP) is 3.89. The topological polar surface area (TPSA) is 85.2 Å². The third-order valence-electron chi connectivity index (χ3n) is 5.97. The number of piperidine rings is 1. The Morgan fingerprint density at radius 2 is 2.07 bits per heavy atom. The maximum atomic E-state index is 13.7. The summed E-state index contributed by atoms with van der Waals surface area (Å²) in [6.45, 7) is 9.98. The number of pyridine rings is 1. The van der Waals surface area contributed by atoms with Crippen LogP contribution in [0.3, 0.4) is 0 Å². The molecule has 0 bridgehead atoms. The maximum Gasteiger partial charge on any atom is 0.259 e. The Morgan fingerprint density at radius 3 is 2.71 bits per heavy atom. The minimum atomic E-state index is 0.0413. The van der Waals surface area contributed by atoms with E-state index in [4.69, 9.17) is 15.2 Å². The highest BCUT2D eigenvalue weighted by atomic mass is 16.5. The molecule has 2 aromatic rings. The van der Waals surface area contributed by atoms with Crippen LogP contribution in [0.15, 0.2) is 10.6 Å². The van der Waals surface area contributed by atoms with Crippen molar-refractivity contribution in [2.24, 2.45) is 17.1 Å². The summed E-state index contributed by atoms with van der Waals surface area (Å²) >= 11 is 0. The van der Waals surface area contributed by atoms with Crippen molar-refractivity contribution >= 4 is 17.0 Å². The van der Waals surface area contributed by atoms with Gasteiger partial charge < -0.3 is 15.2 Å². The molecule has 2 N–H and O–H groups in total. The van der Waals surface area contributed by atoms with Crippen LogP contribution in [0, 0.1) is 11.3 Å². The number of carbonyl (C=O) groups is 1. The highest BCUT2D eigenvalue weighted by Gasteiger charge is 2.34. The second kappa shape index (κ2) is 7.14. The molecule has 3 heterocycles. The number of carbonyl (C=O) groups excluding carboxylic acids is 1. The first kappa shape index (κ1) is 19.4. The number of nitrogens with two attached hydrogens (primary N) is 1. The van der Waals surface area contributed by atoms with Crippen LogP contribution in [0.1, 0.15) is 81.0 Å². The first-order valence-electron chi connectivity index (χ1n) is 10.6. The van der Waals surface area contributed by atoms with Gasteiger partial charge in [0.15, 0.2) is 0 Å². The van der Waals surface area contributed by atoms with Crippen LogP contribution in [0.2, 0.25) is 0 Å². The molecule has 1 aliphatic carbocycles. The van der Waals surface area contributed by atoms with Crippen molar-refractivity contribution in [3.05, 3.63) is 23.0 Å². The molecule has 2 aromatic heterocycles. The summed E-state index contributed by atoms with van der Waals surface area (Å²) in [6.07, 6.45) is 4.97. The summed E-state index contributed by atoms with van der Waals surface area (Å²) in [5.74, 6) is 1.10. The van der Waals surface area contributed by atoms with Gasteiger partial charge in [-0.3, -0.25) is 4.79 Å². The molecular weight excluding hydrogens is 352 g/mol. The lowest BCUT2D eigenvalue weighted by molar-refractivity contribution is 0.0575. The number of aromatic nitrogens is 2. The van der Waals surface area contributed by atoms with Crippen LogP contribution in [0.25, 0.3) is 11.1 Å². The fourth-order valence-electron chi connectivity index (χ4n) is 4.31. The Balaban J connectivity index is 1.79. The van der Waals surface area contributed by atoms with E-state index < -0.39 is 0 Å². The highest BCUT2D eigenvalue weighted by Crippen LogP contribution is 2.41. The third kappa shape index (κ3) is 3.79. The Labute approximate surface area is 166 Å². The second-order valence-electron chi connectivity index (χ2n) is 9.93. The van der Waals surface area contributed by atoms with E-state index >= 15 is 0 Å². The summed E-state index contributed by atoms with van der Waals surface area (Å²) in [4.78, 5) is 20.3. The minimum absolute atomic E-state index is 0.0413. The van der Waals surface area contributed by atoms with E-state index in [9.17, 15) is 4.79 Å². The van der Waals surface area contributed by atoms with E-state index in [0.29, 0.717) is 29.7 Å². The molecule has 1 amide bonds. The Bertz CT molecular complexity index is 879. The molecule has 0 spiro atoms. The van der Waals surface area contributed by atoms with E-state index in [-0.39, 0.29) is 17.4 Å². The molecule has 2 unspecified atom stereocenters. The van der Waals surface area contributed by atoms with Crippen molar-refractivity contribution in [2.45, 2.75) is 71.8 Å². The fourth-order valence-corrected chi connectivity index (χ4v) is 4.31. The summed E-state index contributed by atoms with van der Waals surface area (Å²) in [7, 11) is 0. The van der Waals surface area contributed by atoms with E-state index in [1.165, 1.54) is 0 Å². The largest absolute Gasteiger partial charge is 0.336 e. The van der Waals surface area contributed by atoms with Crippen LogP contribution in [-0.4, -0.2) is 40.1 Å². The lowest BCUT2D eigenvalue weighted by atomic mass is 9.88. The lowest BCUT2D eigenvalue weighted by Gasteiger charge is -2.38. The van der Waals surface area contributed by atoms with Crippen molar-refractivity contribution in [3.63, 3.8) is 0 Å². The normalized spacial score (nSPS) is 23.4. The van der Waals surface area contributed by atoms with E-state index in [2.05, 4.69) is 32.9 Å². The molecule has 2 fully saturated rings. The van der Waals surface area contributed by atoms with Gasteiger partial charge in [0.25, 0.3) is 11.6 Å². The van der Waals surface area contributed by atoms with Gasteiger partial charge in [-0.25, -0.2) is 4.98 Å². The Hall–Kier alpha value is -1.95. The predicted molar refractivity (Wildman–Crippen MR) is 109 cm³/mol. The van der Waals surface area contributed by atoms with Crippen LogP contribution in [0.4, 0.5) is 0 Å². The molecule has 2 atom stereocenters. The van der Waals surface area contributed by atoms with Gasteiger partial charge in [-0.05, 0) is 49.5 Å². The summed E-state index contributed by atoms with van der Waals surface area (Å²) in [5, 5.41) is 5.10. The van der Waals surface area contributed by atoms with Gasteiger partial charge in [-0.1, -0.05) is 32.9 Å². The summed E-state index contributed by atoms with van der Waals surface area (Å²) < 4.78 is 5.61. The molecule has 6 heteroatoms. The Kier molecular flexibility index (Phi) is 4.94. The molecule has 0 aromatic carbocycles. The zero-order chi connectivity index (χ0) is 20.1. The number of likely N-dealkylation sites (tertiary alicyclic amines) is 1. The van der Waals surface area contributed by atoms with Crippen LogP contribution in [0.5, 0.6) is 0 Å². The number of amides is 1. The fraction of sp³-hybridized carbons (Fsp3) is 0.682. The zero-order valence-electron chi connectivity index (χ0n) is 17.5. The average Bonchev–Trinajstić information content (AvgIpc) is 3.42. The smallest absolute Gasteiger partial charge is 0.259 e. The lowest BCUT2D eigenvalue weighted by Crippen LogP contribution is -2.49. The van der Waals surface area contributed by atoms with Crippen molar-refractivity contribution in [3.8, 4) is 0 Å². The van der Waals surface area contributed by atoms with Crippen molar-refractivity contribution in [1.29, 1.82) is 0 Å². The minimum Gasteiger partial charge on any atom is -0.336 e. The molecule has 152 valence electrons. The number of nitrogens with zero attached hydrogens (tertiary/aromatic N) is 3. The van der Waals surface area contributed by atoms with Gasteiger partial charge >= 0.3 is 0 Å². The van der Waals surface area contributed by atoms with Gasteiger partial charge in [0.1, 0.15) is 0 Å². The first-order chi connectivity index (χ1) is 13.3. The Morgan fingerprint density at radius 1 is 1.32 bits per heavy atom. The molecule has 2 aliphatic rings. The van der Waals surface area contributed by atoms with E-state index in [1.54, 1.807) is 0 Å². The monoisotopic (exact) mass is 384 g/mol. The second-order valence-corrected chi connectivity index (χ2v) is 9.93. The molecule has 0 radical (unpaired) electrons. The van der Waals surface area contributed by atoms with Gasteiger partial charge in [0.05, 0.1) is 16.6 Å². The van der Waals surface area contributed by atoms with Gasteiger partial charge in [-0.2, -0.15) is 0 Å². The maximum absolute atomic E-state index is 13.7. The SMILES string of the molecule is CC1CCN(C(=O)c2cc(C3CC3)nc3onc(CC(C)(C)C)c23)C(CN)C1. The van der Waals surface area contributed by atoms with E-state index in [1.807, 2.05) is 11.0 Å². The molecule has 1 saturated heterocycles. The standard InChI is InChI=1S/C22H32N4O2/c1-13-7-8-26(15(9-13)12-23)21(27)16-10-17(14-5-6-14)24-20-19(16)18(25-28-20)11-22(2,3)4/h10,13-15H,5-9,11-12,23H2,1-4H3. The van der Waals surface area contributed by atoms with E-state index in [0.717, 1.165) is 55.4 Å². The number of hydrogen-bond acceptors (Lipinski definition) is 5. The van der Waals surface area contributed by atoms with Gasteiger partial charge in [0.2, 0.25) is 0 Å². The quantitative estimate of drug-likeness (QED) is 0.864. The van der Waals surface area contributed by atoms with Crippen LogP contribution >= 0.6 is 0 Å². The zero-order valence-corrected chi connectivity index (χ0v) is 17.5. The highest BCUT2D eigenvalue weighted by molar-refractivity contribution is 6.06. The molecule has 1 saturated carbocycles. The summed E-state index contributed by atoms with van der Waals surface area (Å²) in [5.41, 5.74) is 9.06. The molecule has 28 heavy (non-hydrogen) atoms. The van der Waals surface area contributed by atoms with Gasteiger partial charge in [0, 0.05) is 30.7 Å². The summed E-state index contributed by atoms with van der Waals surface area (Å²) in [6, 6.07) is 2.09. The van der Waals surface area contributed by atoms with Crippen molar-refractivity contribution in [2.75, 3.05) is 13.1 Å². The number of rotatable bonds is 4. The van der Waals surface area contributed by atoms with Crippen molar-refractivity contribution < 1.29 is 9.32 Å². The molecule has 1 aliphatic heterocycles. The number of hydrogen-bond donors (Lipinski definition) is 1. The first-order valence-corrected chi connectivity index (χ1v) is 10.6. The van der Waals surface area contributed by atoms with Crippen molar-refractivity contribution in [1.82, 2.24) is 15.0 Å².